The van der Waals surface area contributed by atoms with Crippen LogP contribution >= 0.6 is 43.5 Å². The molecular weight excluding hydrogens is 393 g/mol. The molecule has 2 rings (SSSR count). The summed E-state index contributed by atoms with van der Waals surface area (Å²) < 4.78 is 1.79. The second kappa shape index (κ2) is 6.07. The molecule has 0 aliphatic heterocycles. The predicted molar refractivity (Wildman–Crippen MR) is 86.0 cm³/mol. The molecule has 0 saturated heterocycles. The van der Waals surface area contributed by atoms with E-state index in [0.717, 1.165) is 20.2 Å². The molecule has 2 aromatic rings. The molecule has 19 heavy (non-hydrogen) atoms. The summed E-state index contributed by atoms with van der Waals surface area (Å²) in [6, 6.07) is 10.9. The number of carbonyl (C=O) groups excluding carboxylic acids is 1. The highest BCUT2D eigenvalue weighted by atomic mass is 79.9. The molecule has 5 heteroatoms. The fourth-order valence-electron chi connectivity index (χ4n) is 1.63. The molecule has 0 aliphatic carbocycles. The molecule has 0 heterocycles. The summed E-state index contributed by atoms with van der Waals surface area (Å²) in [6.45, 7) is 1.93. The van der Waals surface area contributed by atoms with Crippen molar-refractivity contribution in [3.05, 3.63) is 61.5 Å². The van der Waals surface area contributed by atoms with Crippen LogP contribution in [0.1, 0.15) is 15.9 Å². The molecular formula is C14H10Br2ClNO. The Balaban J connectivity index is 2.28. The van der Waals surface area contributed by atoms with Crippen LogP contribution in [0.2, 0.25) is 5.02 Å². The Labute approximate surface area is 133 Å². The van der Waals surface area contributed by atoms with E-state index in [-0.39, 0.29) is 5.91 Å². The molecule has 0 unspecified atom stereocenters. The van der Waals surface area contributed by atoms with E-state index in [0.29, 0.717) is 10.6 Å². The molecule has 1 amide bonds. The van der Waals surface area contributed by atoms with Gasteiger partial charge in [0.15, 0.2) is 0 Å². The summed E-state index contributed by atoms with van der Waals surface area (Å²) in [4.78, 5) is 12.2. The van der Waals surface area contributed by atoms with Crippen LogP contribution in [0.15, 0.2) is 45.3 Å². The lowest BCUT2D eigenvalue weighted by Crippen LogP contribution is -2.13. The van der Waals surface area contributed by atoms with Crippen molar-refractivity contribution < 1.29 is 4.79 Å². The first kappa shape index (κ1) is 14.6. The second-order valence-electron chi connectivity index (χ2n) is 4.04. The Morgan fingerprint density at radius 2 is 1.74 bits per heavy atom. The second-order valence-corrected chi connectivity index (χ2v) is 6.28. The summed E-state index contributed by atoms with van der Waals surface area (Å²) in [6.07, 6.45) is 0. The molecule has 1 N–H and O–H groups in total. The standard InChI is InChI=1S/C14H10Br2ClNO/c1-8-6-9(15)3-5-13(8)18-14(19)11-7-10(16)2-4-12(11)17/h2-7H,1H3,(H,18,19). The molecule has 0 aliphatic rings. The minimum absolute atomic E-state index is 0.225. The van der Waals surface area contributed by atoms with Gasteiger partial charge in [-0.1, -0.05) is 43.5 Å². The van der Waals surface area contributed by atoms with Gasteiger partial charge in [0.25, 0.3) is 5.91 Å². The number of nitrogens with one attached hydrogen (secondary N) is 1. The number of benzene rings is 2. The van der Waals surface area contributed by atoms with Crippen molar-refractivity contribution in [2.45, 2.75) is 6.92 Å². The number of halogens is 3. The molecule has 0 atom stereocenters. The zero-order chi connectivity index (χ0) is 14.0. The molecule has 2 aromatic carbocycles. The zero-order valence-corrected chi connectivity index (χ0v) is 13.9. The van der Waals surface area contributed by atoms with Gasteiger partial charge in [-0.05, 0) is 48.9 Å². The van der Waals surface area contributed by atoms with Crippen molar-refractivity contribution in [2.24, 2.45) is 0 Å². The van der Waals surface area contributed by atoms with Gasteiger partial charge < -0.3 is 5.32 Å². The highest BCUT2D eigenvalue weighted by Crippen LogP contribution is 2.24. The highest BCUT2D eigenvalue weighted by Gasteiger charge is 2.12. The highest BCUT2D eigenvalue weighted by molar-refractivity contribution is 9.10. The van der Waals surface area contributed by atoms with E-state index < -0.39 is 0 Å². The lowest BCUT2D eigenvalue weighted by molar-refractivity contribution is 0.102. The van der Waals surface area contributed by atoms with E-state index in [4.69, 9.17) is 11.6 Å². The first-order chi connectivity index (χ1) is 8.97. The van der Waals surface area contributed by atoms with E-state index in [2.05, 4.69) is 37.2 Å². The van der Waals surface area contributed by atoms with E-state index in [1.807, 2.05) is 25.1 Å². The van der Waals surface area contributed by atoms with Gasteiger partial charge in [0.1, 0.15) is 0 Å². The molecule has 0 fully saturated rings. The number of hydrogen-bond acceptors (Lipinski definition) is 1. The van der Waals surface area contributed by atoms with Gasteiger partial charge in [-0.2, -0.15) is 0 Å². The minimum atomic E-state index is -0.225. The van der Waals surface area contributed by atoms with Crippen molar-refractivity contribution in [1.82, 2.24) is 0 Å². The Kier molecular flexibility index (Phi) is 4.66. The lowest BCUT2D eigenvalue weighted by Gasteiger charge is -2.10. The Hall–Kier alpha value is -0.840. The van der Waals surface area contributed by atoms with Gasteiger partial charge >= 0.3 is 0 Å². The van der Waals surface area contributed by atoms with Crippen LogP contribution in [-0.4, -0.2) is 5.91 Å². The van der Waals surface area contributed by atoms with Gasteiger partial charge in [-0.3, -0.25) is 4.79 Å². The first-order valence-corrected chi connectivity index (χ1v) is 7.46. The van der Waals surface area contributed by atoms with Crippen molar-refractivity contribution in [3.8, 4) is 0 Å². The monoisotopic (exact) mass is 401 g/mol. The molecule has 0 radical (unpaired) electrons. The van der Waals surface area contributed by atoms with Crippen molar-refractivity contribution in [3.63, 3.8) is 0 Å². The van der Waals surface area contributed by atoms with Crippen LogP contribution in [-0.2, 0) is 0 Å². The van der Waals surface area contributed by atoms with Crippen molar-refractivity contribution in [1.29, 1.82) is 0 Å². The van der Waals surface area contributed by atoms with E-state index in [9.17, 15) is 4.79 Å². The van der Waals surface area contributed by atoms with Crippen LogP contribution in [0.5, 0.6) is 0 Å². The number of hydrogen-bond donors (Lipinski definition) is 1. The summed E-state index contributed by atoms with van der Waals surface area (Å²) in [5.41, 5.74) is 2.19. The number of aryl methyl sites for hydroxylation is 1. The number of anilines is 1. The largest absolute Gasteiger partial charge is 0.322 e. The van der Waals surface area contributed by atoms with Gasteiger partial charge in [0.05, 0.1) is 10.6 Å². The van der Waals surface area contributed by atoms with Gasteiger partial charge in [0, 0.05) is 14.6 Å². The van der Waals surface area contributed by atoms with E-state index in [1.165, 1.54) is 0 Å². The molecule has 0 spiro atoms. The first-order valence-electron chi connectivity index (χ1n) is 5.50. The normalized spacial score (nSPS) is 10.3. The summed E-state index contributed by atoms with van der Waals surface area (Å²) in [5, 5.41) is 3.28. The number of carbonyl (C=O) groups is 1. The lowest BCUT2D eigenvalue weighted by atomic mass is 10.1. The van der Waals surface area contributed by atoms with Crippen molar-refractivity contribution in [2.75, 3.05) is 5.32 Å². The Morgan fingerprint density at radius 1 is 1.11 bits per heavy atom. The van der Waals surface area contributed by atoms with Gasteiger partial charge in [-0.25, -0.2) is 0 Å². The third kappa shape index (κ3) is 3.59. The molecule has 98 valence electrons. The van der Waals surface area contributed by atoms with E-state index in [1.54, 1.807) is 18.2 Å². The van der Waals surface area contributed by atoms with Crippen LogP contribution in [0.3, 0.4) is 0 Å². The maximum Gasteiger partial charge on any atom is 0.257 e. The predicted octanol–water partition coefficient (Wildman–Crippen LogP) is 5.43. The van der Waals surface area contributed by atoms with Gasteiger partial charge in [-0.15, -0.1) is 0 Å². The average molecular weight is 404 g/mol. The SMILES string of the molecule is Cc1cc(Br)ccc1NC(=O)c1cc(Br)ccc1Cl. The zero-order valence-electron chi connectivity index (χ0n) is 10.0. The van der Waals surface area contributed by atoms with Crippen LogP contribution in [0.25, 0.3) is 0 Å². The third-order valence-electron chi connectivity index (χ3n) is 2.61. The number of amides is 1. The Bertz CT molecular complexity index is 643. The maximum atomic E-state index is 12.2. The van der Waals surface area contributed by atoms with Crippen LogP contribution < -0.4 is 5.32 Å². The summed E-state index contributed by atoms with van der Waals surface area (Å²) in [7, 11) is 0. The fourth-order valence-corrected chi connectivity index (χ4v) is 2.67. The van der Waals surface area contributed by atoms with Crippen molar-refractivity contribution >= 4 is 55.1 Å². The minimum Gasteiger partial charge on any atom is -0.322 e. The number of rotatable bonds is 2. The van der Waals surface area contributed by atoms with Crippen LogP contribution in [0.4, 0.5) is 5.69 Å². The van der Waals surface area contributed by atoms with Gasteiger partial charge in [0.2, 0.25) is 0 Å². The molecule has 0 bridgehead atoms. The van der Waals surface area contributed by atoms with Crippen LogP contribution in [0, 0.1) is 6.92 Å². The quantitative estimate of drug-likeness (QED) is 0.712. The fraction of sp³-hybridized carbons (Fsp3) is 0.0714. The average Bonchev–Trinajstić information content (AvgIpc) is 2.35. The summed E-state index contributed by atoms with van der Waals surface area (Å²) >= 11 is 12.8. The van der Waals surface area contributed by atoms with E-state index >= 15 is 0 Å². The summed E-state index contributed by atoms with van der Waals surface area (Å²) in [5.74, 6) is -0.225. The Morgan fingerprint density at radius 3 is 2.42 bits per heavy atom. The molecule has 0 aromatic heterocycles. The topological polar surface area (TPSA) is 29.1 Å². The third-order valence-corrected chi connectivity index (χ3v) is 3.93. The smallest absolute Gasteiger partial charge is 0.257 e. The molecule has 2 nitrogen and oxygen atoms in total. The maximum absolute atomic E-state index is 12.2. The molecule has 0 saturated carbocycles.